The van der Waals surface area contributed by atoms with Crippen LogP contribution in [0.3, 0.4) is 0 Å². The molecule has 1 atom stereocenters. The fraction of sp³-hybridized carbons (Fsp3) is 0.562. The van der Waals surface area contributed by atoms with E-state index >= 15 is 0 Å². The van der Waals surface area contributed by atoms with E-state index in [4.69, 9.17) is 55.6 Å². The standard InChI is InChI=1S/C16H20Cl4O3Si/c1-16(8-6-5-7-9(16)21)22-14-10(17)12(19)15(13(20)11(14)18)23-24(2,3)4/h5-8H2,1-4H3. The van der Waals surface area contributed by atoms with Gasteiger partial charge in [0.2, 0.25) is 8.32 Å². The fourth-order valence-electron chi connectivity index (χ4n) is 2.56. The van der Waals surface area contributed by atoms with E-state index in [0.29, 0.717) is 12.8 Å². The van der Waals surface area contributed by atoms with Crippen molar-refractivity contribution in [2.75, 3.05) is 0 Å². The normalized spacial score (nSPS) is 21.8. The highest BCUT2D eigenvalue weighted by Gasteiger charge is 2.39. The first-order chi connectivity index (χ1) is 11.0. The minimum atomic E-state index is -1.97. The largest absolute Gasteiger partial charge is 0.542 e. The van der Waals surface area contributed by atoms with Crippen molar-refractivity contribution in [1.29, 1.82) is 0 Å². The summed E-state index contributed by atoms with van der Waals surface area (Å²) in [6, 6.07) is 0. The molecule has 0 saturated heterocycles. The average Bonchev–Trinajstić information content (AvgIpc) is 2.49. The number of Topliss-reactive ketones (excluding diaryl/α,β-unsaturated/α-hetero) is 1. The van der Waals surface area contributed by atoms with Crippen molar-refractivity contribution in [2.24, 2.45) is 0 Å². The summed E-state index contributed by atoms with van der Waals surface area (Å²) in [4.78, 5) is 12.3. The van der Waals surface area contributed by atoms with Gasteiger partial charge in [-0.3, -0.25) is 4.79 Å². The van der Waals surface area contributed by atoms with Crippen LogP contribution in [0.15, 0.2) is 0 Å². The molecule has 1 aromatic carbocycles. The van der Waals surface area contributed by atoms with Crippen molar-refractivity contribution in [2.45, 2.75) is 57.8 Å². The van der Waals surface area contributed by atoms with Gasteiger partial charge in [0.05, 0.1) is 0 Å². The summed E-state index contributed by atoms with van der Waals surface area (Å²) in [6.07, 6.45) is 2.84. The Kier molecular flexibility index (Phi) is 6.09. The summed E-state index contributed by atoms with van der Waals surface area (Å²) in [6.45, 7) is 7.73. The van der Waals surface area contributed by atoms with E-state index in [9.17, 15) is 4.79 Å². The van der Waals surface area contributed by atoms with Gasteiger partial charge in [-0.1, -0.05) is 46.4 Å². The zero-order valence-electron chi connectivity index (χ0n) is 14.1. The molecule has 8 heteroatoms. The molecule has 0 spiro atoms. The predicted octanol–water partition coefficient (Wildman–Crippen LogP) is 6.79. The molecule has 0 N–H and O–H groups in total. The molecule has 3 nitrogen and oxygen atoms in total. The molecule has 0 amide bonds. The van der Waals surface area contributed by atoms with Gasteiger partial charge < -0.3 is 9.16 Å². The summed E-state index contributed by atoms with van der Waals surface area (Å²) in [5.41, 5.74) is -0.973. The highest BCUT2D eigenvalue weighted by molar-refractivity contribution is 6.70. The molecule has 0 heterocycles. The molecule has 0 bridgehead atoms. The molecule has 1 unspecified atom stereocenters. The van der Waals surface area contributed by atoms with Crippen LogP contribution in [0, 0.1) is 0 Å². The first kappa shape index (κ1) is 20.2. The molecule has 0 radical (unpaired) electrons. The van der Waals surface area contributed by atoms with Crippen LogP contribution in [0.25, 0.3) is 0 Å². The smallest absolute Gasteiger partial charge is 0.242 e. The van der Waals surface area contributed by atoms with Crippen LogP contribution in [-0.4, -0.2) is 19.7 Å². The Morgan fingerprint density at radius 3 is 1.88 bits per heavy atom. The highest BCUT2D eigenvalue weighted by Crippen LogP contribution is 2.52. The number of ketones is 1. The zero-order chi connectivity index (χ0) is 18.3. The number of ether oxygens (including phenoxy) is 1. The lowest BCUT2D eigenvalue weighted by molar-refractivity contribution is -0.136. The number of halogens is 4. The van der Waals surface area contributed by atoms with E-state index in [0.717, 1.165) is 12.8 Å². The van der Waals surface area contributed by atoms with Gasteiger partial charge in [0.25, 0.3) is 0 Å². The second-order valence-electron chi connectivity index (χ2n) is 7.09. The van der Waals surface area contributed by atoms with Crippen LogP contribution in [0.5, 0.6) is 11.5 Å². The van der Waals surface area contributed by atoms with Crippen LogP contribution >= 0.6 is 46.4 Å². The topological polar surface area (TPSA) is 35.5 Å². The number of carbonyl (C=O) groups excluding carboxylic acids is 1. The van der Waals surface area contributed by atoms with Crippen molar-refractivity contribution in [1.82, 2.24) is 0 Å². The quantitative estimate of drug-likeness (QED) is 0.390. The van der Waals surface area contributed by atoms with Crippen LogP contribution in [0.2, 0.25) is 39.7 Å². The molecule has 2 rings (SSSR count). The van der Waals surface area contributed by atoms with Crippen LogP contribution < -0.4 is 9.16 Å². The van der Waals surface area contributed by atoms with E-state index in [1.807, 2.05) is 19.6 Å². The second-order valence-corrected chi connectivity index (χ2v) is 13.0. The van der Waals surface area contributed by atoms with Gasteiger partial charge in [-0.2, -0.15) is 0 Å². The molecule has 1 aliphatic carbocycles. The van der Waals surface area contributed by atoms with Crippen molar-refractivity contribution in [3.63, 3.8) is 0 Å². The molecule has 24 heavy (non-hydrogen) atoms. The number of benzene rings is 1. The average molecular weight is 430 g/mol. The summed E-state index contributed by atoms with van der Waals surface area (Å²) in [5, 5.41) is 0.517. The van der Waals surface area contributed by atoms with E-state index in [1.54, 1.807) is 6.92 Å². The Balaban J connectivity index is 2.47. The van der Waals surface area contributed by atoms with Gasteiger partial charge in [0.15, 0.2) is 17.1 Å². The van der Waals surface area contributed by atoms with E-state index in [-0.39, 0.29) is 37.4 Å². The third kappa shape index (κ3) is 4.16. The van der Waals surface area contributed by atoms with Crippen molar-refractivity contribution >= 4 is 60.5 Å². The fourth-order valence-corrected chi connectivity index (χ4v) is 4.48. The summed E-state index contributed by atoms with van der Waals surface area (Å²) < 4.78 is 11.8. The van der Waals surface area contributed by atoms with Crippen LogP contribution in [-0.2, 0) is 4.79 Å². The molecule has 134 valence electrons. The Hall–Kier alpha value is -0.133. The first-order valence-corrected chi connectivity index (χ1v) is 12.7. The summed E-state index contributed by atoms with van der Waals surface area (Å²) >= 11 is 25.4. The molecule has 1 fully saturated rings. The molecule has 0 aromatic heterocycles. The van der Waals surface area contributed by atoms with Crippen molar-refractivity contribution in [3.8, 4) is 11.5 Å². The number of rotatable bonds is 4. The lowest BCUT2D eigenvalue weighted by atomic mass is 9.85. The van der Waals surface area contributed by atoms with Gasteiger partial charge in [-0.15, -0.1) is 0 Å². The van der Waals surface area contributed by atoms with Gasteiger partial charge in [0.1, 0.15) is 25.8 Å². The van der Waals surface area contributed by atoms with Gasteiger partial charge in [-0.25, -0.2) is 0 Å². The Bertz CT molecular complexity index is 643. The lowest BCUT2D eigenvalue weighted by Crippen LogP contribution is -2.43. The molecule has 0 aliphatic heterocycles. The third-order valence-electron chi connectivity index (χ3n) is 3.82. The number of carbonyl (C=O) groups is 1. The Morgan fingerprint density at radius 2 is 1.42 bits per heavy atom. The predicted molar refractivity (Wildman–Crippen MR) is 103 cm³/mol. The van der Waals surface area contributed by atoms with E-state index < -0.39 is 13.9 Å². The number of hydrogen-bond donors (Lipinski definition) is 0. The van der Waals surface area contributed by atoms with E-state index in [1.165, 1.54) is 0 Å². The van der Waals surface area contributed by atoms with Gasteiger partial charge >= 0.3 is 0 Å². The summed E-state index contributed by atoms with van der Waals surface area (Å²) in [5.74, 6) is 0.421. The zero-order valence-corrected chi connectivity index (χ0v) is 18.1. The SMILES string of the molecule is CC1(Oc2c(Cl)c(Cl)c(O[Si](C)(C)C)c(Cl)c2Cl)CCCCC1=O. The first-order valence-electron chi connectivity index (χ1n) is 7.73. The molecule has 1 aliphatic rings. The Labute approximate surface area is 163 Å². The molecule has 1 aromatic rings. The van der Waals surface area contributed by atoms with Gasteiger partial charge in [-0.05, 0) is 45.8 Å². The number of hydrogen-bond acceptors (Lipinski definition) is 3. The van der Waals surface area contributed by atoms with Crippen LogP contribution in [0.4, 0.5) is 0 Å². The monoisotopic (exact) mass is 428 g/mol. The van der Waals surface area contributed by atoms with Gasteiger partial charge in [0, 0.05) is 6.42 Å². The molecule has 1 saturated carbocycles. The molecular formula is C16H20Cl4O3Si. The summed E-state index contributed by atoms with van der Waals surface area (Å²) in [7, 11) is -1.97. The molecular weight excluding hydrogens is 410 g/mol. The van der Waals surface area contributed by atoms with Crippen molar-refractivity contribution in [3.05, 3.63) is 20.1 Å². The third-order valence-corrected chi connectivity index (χ3v) is 6.27. The highest BCUT2D eigenvalue weighted by atomic mass is 35.5. The maximum absolute atomic E-state index is 12.3. The van der Waals surface area contributed by atoms with Crippen molar-refractivity contribution < 1.29 is 14.0 Å². The minimum Gasteiger partial charge on any atom is -0.542 e. The Morgan fingerprint density at radius 1 is 0.917 bits per heavy atom. The lowest BCUT2D eigenvalue weighted by Gasteiger charge is -2.34. The van der Waals surface area contributed by atoms with Crippen LogP contribution in [0.1, 0.15) is 32.6 Å². The maximum atomic E-state index is 12.3. The van der Waals surface area contributed by atoms with E-state index in [2.05, 4.69) is 0 Å². The maximum Gasteiger partial charge on any atom is 0.242 e. The second kappa shape index (κ2) is 7.24. The minimum absolute atomic E-state index is 0.0237.